The minimum atomic E-state index is -0.322. The van der Waals surface area contributed by atoms with Crippen molar-refractivity contribution in [1.29, 1.82) is 0 Å². The van der Waals surface area contributed by atoms with E-state index in [4.69, 9.17) is 4.74 Å². The normalized spacial score (nSPS) is 18.4. The van der Waals surface area contributed by atoms with Crippen molar-refractivity contribution in [2.45, 2.75) is 12.5 Å². The predicted octanol–water partition coefficient (Wildman–Crippen LogP) is -0.0705. The Morgan fingerprint density at radius 1 is 1.50 bits per heavy atom. The third-order valence-electron chi connectivity index (χ3n) is 3.13. The van der Waals surface area contributed by atoms with E-state index in [1.165, 1.54) is 0 Å². The van der Waals surface area contributed by atoms with Crippen LogP contribution < -0.4 is 5.32 Å². The molecule has 1 atom stereocenters. The zero-order chi connectivity index (χ0) is 13.0. The zero-order valence-corrected chi connectivity index (χ0v) is 10.9. The molecule has 1 aromatic rings. The Kier molecular flexibility index (Phi) is 4.33. The lowest BCUT2D eigenvalue weighted by Gasteiger charge is -2.24. The molecule has 2 rings (SSSR count). The second-order valence-electron chi connectivity index (χ2n) is 4.46. The number of nitrogens with zero attached hydrogens (tertiary/aromatic N) is 3. The fourth-order valence-electron chi connectivity index (χ4n) is 2.17. The lowest BCUT2D eigenvalue weighted by atomic mass is 10.1. The summed E-state index contributed by atoms with van der Waals surface area (Å²) in [5.74, 6) is 0.0935. The van der Waals surface area contributed by atoms with Crippen LogP contribution in [0.3, 0.4) is 0 Å². The Morgan fingerprint density at radius 3 is 3.00 bits per heavy atom. The second kappa shape index (κ2) is 5.97. The Morgan fingerprint density at radius 2 is 2.33 bits per heavy atom. The molecule has 6 nitrogen and oxygen atoms in total. The maximum Gasteiger partial charge on any atom is 0.244 e. The highest BCUT2D eigenvalue weighted by Crippen LogP contribution is 2.15. The molecular weight excluding hydrogens is 232 g/mol. The van der Waals surface area contributed by atoms with Crippen molar-refractivity contribution in [3.63, 3.8) is 0 Å². The molecule has 100 valence electrons. The molecule has 0 bridgehead atoms. The number of nitrogens with one attached hydrogen (secondary N) is 1. The molecule has 2 heterocycles. The van der Waals surface area contributed by atoms with Gasteiger partial charge in [-0.25, -0.2) is 0 Å². The molecule has 1 saturated heterocycles. The standard InChI is InChI=1S/C12H20N4O2/c1-13-11(10-8-14-15(2)9-10)12(17)16-4-3-6-18-7-5-16/h8-9,11,13H,3-7H2,1-2H3. The highest BCUT2D eigenvalue weighted by molar-refractivity contribution is 5.83. The lowest BCUT2D eigenvalue weighted by Crippen LogP contribution is -2.41. The van der Waals surface area contributed by atoms with Crippen LogP contribution in [0.15, 0.2) is 12.4 Å². The third-order valence-corrected chi connectivity index (χ3v) is 3.13. The largest absolute Gasteiger partial charge is 0.380 e. The number of amides is 1. The maximum absolute atomic E-state index is 12.5. The first-order chi connectivity index (χ1) is 8.72. The molecule has 0 spiro atoms. The van der Waals surface area contributed by atoms with Crippen LogP contribution in [0.2, 0.25) is 0 Å². The van der Waals surface area contributed by atoms with Crippen LogP contribution in [0.1, 0.15) is 18.0 Å². The molecule has 1 aliphatic heterocycles. The summed E-state index contributed by atoms with van der Waals surface area (Å²) in [5, 5.41) is 7.18. The van der Waals surface area contributed by atoms with Crippen molar-refractivity contribution in [3.8, 4) is 0 Å². The molecule has 0 aliphatic carbocycles. The Bertz CT molecular complexity index is 397. The van der Waals surface area contributed by atoms with Crippen molar-refractivity contribution < 1.29 is 9.53 Å². The minimum absolute atomic E-state index is 0.0935. The molecule has 1 aromatic heterocycles. The number of aromatic nitrogens is 2. The highest BCUT2D eigenvalue weighted by Gasteiger charge is 2.26. The Balaban J connectivity index is 2.09. The van der Waals surface area contributed by atoms with E-state index in [9.17, 15) is 4.79 Å². The van der Waals surface area contributed by atoms with Crippen molar-refractivity contribution >= 4 is 5.91 Å². The van der Waals surface area contributed by atoms with Gasteiger partial charge in [0, 0.05) is 38.5 Å². The number of carbonyl (C=O) groups excluding carboxylic acids is 1. The molecule has 1 N–H and O–H groups in total. The molecule has 0 aromatic carbocycles. The van der Waals surface area contributed by atoms with Gasteiger partial charge in [-0.3, -0.25) is 9.48 Å². The van der Waals surface area contributed by atoms with Gasteiger partial charge in [0.15, 0.2) is 0 Å². The van der Waals surface area contributed by atoms with Gasteiger partial charge in [0.05, 0.1) is 12.8 Å². The van der Waals surface area contributed by atoms with E-state index >= 15 is 0 Å². The van der Waals surface area contributed by atoms with Crippen LogP contribution >= 0.6 is 0 Å². The monoisotopic (exact) mass is 252 g/mol. The summed E-state index contributed by atoms with van der Waals surface area (Å²) in [6.07, 6.45) is 4.50. The van der Waals surface area contributed by atoms with Gasteiger partial charge in [-0.05, 0) is 13.5 Å². The van der Waals surface area contributed by atoms with Gasteiger partial charge in [-0.1, -0.05) is 0 Å². The van der Waals surface area contributed by atoms with E-state index in [0.29, 0.717) is 13.2 Å². The van der Waals surface area contributed by atoms with E-state index in [2.05, 4.69) is 10.4 Å². The molecule has 1 fully saturated rings. The molecule has 6 heteroatoms. The molecule has 1 amide bonds. The third kappa shape index (κ3) is 2.88. The van der Waals surface area contributed by atoms with E-state index in [0.717, 1.165) is 25.1 Å². The summed E-state index contributed by atoms with van der Waals surface area (Å²) in [6, 6.07) is -0.322. The van der Waals surface area contributed by atoms with Crippen LogP contribution in [0.4, 0.5) is 0 Å². The van der Waals surface area contributed by atoms with E-state index in [1.807, 2.05) is 18.1 Å². The summed E-state index contributed by atoms with van der Waals surface area (Å²) in [6.45, 7) is 2.78. The number of hydrogen-bond donors (Lipinski definition) is 1. The van der Waals surface area contributed by atoms with E-state index in [1.54, 1.807) is 17.9 Å². The first-order valence-corrected chi connectivity index (χ1v) is 6.24. The summed E-state index contributed by atoms with van der Waals surface area (Å²) >= 11 is 0. The molecular formula is C12H20N4O2. The summed E-state index contributed by atoms with van der Waals surface area (Å²) in [4.78, 5) is 14.3. The number of aryl methyl sites for hydroxylation is 1. The van der Waals surface area contributed by atoms with Crippen molar-refractivity contribution in [1.82, 2.24) is 20.0 Å². The van der Waals surface area contributed by atoms with Crippen LogP contribution in [0.5, 0.6) is 0 Å². The average Bonchev–Trinajstić information content (AvgIpc) is 2.65. The number of rotatable bonds is 3. The van der Waals surface area contributed by atoms with Gasteiger partial charge in [-0.15, -0.1) is 0 Å². The minimum Gasteiger partial charge on any atom is -0.380 e. The second-order valence-corrected chi connectivity index (χ2v) is 4.46. The van der Waals surface area contributed by atoms with E-state index in [-0.39, 0.29) is 11.9 Å². The molecule has 1 unspecified atom stereocenters. The highest BCUT2D eigenvalue weighted by atomic mass is 16.5. The fraction of sp³-hybridized carbons (Fsp3) is 0.667. The number of ether oxygens (including phenoxy) is 1. The molecule has 0 radical (unpaired) electrons. The first kappa shape index (κ1) is 13.0. The average molecular weight is 252 g/mol. The maximum atomic E-state index is 12.5. The van der Waals surface area contributed by atoms with E-state index < -0.39 is 0 Å². The Hall–Kier alpha value is -1.40. The van der Waals surface area contributed by atoms with Crippen LogP contribution in [-0.2, 0) is 16.6 Å². The van der Waals surface area contributed by atoms with Crippen LogP contribution in [0, 0.1) is 0 Å². The van der Waals surface area contributed by atoms with Crippen LogP contribution in [0.25, 0.3) is 0 Å². The molecule has 18 heavy (non-hydrogen) atoms. The van der Waals surface area contributed by atoms with Gasteiger partial charge < -0.3 is 15.0 Å². The summed E-state index contributed by atoms with van der Waals surface area (Å²) in [5.41, 5.74) is 0.898. The van der Waals surface area contributed by atoms with Gasteiger partial charge in [0.1, 0.15) is 6.04 Å². The SMILES string of the molecule is CNC(C(=O)N1CCCOCC1)c1cnn(C)c1. The predicted molar refractivity (Wildman–Crippen MR) is 67.0 cm³/mol. The van der Waals surface area contributed by atoms with Gasteiger partial charge >= 0.3 is 0 Å². The quantitative estimate of drug-likeness (QED) is 0.818. The van der Waals surface area contributed by atoms with Crippen LogP contribution in [-0.4, -0.2) is 53.9 Å². The topological polar surface area (TPSA) is 59.4 Å². The van der Waals surface area contributed by atoms with Crippen molar-refractivity contribution in [3.05, 3.63) is 18.0 Å². The van der Waals surface area contributed by atoms with Gasteiger partial charge in [-0.2, -0.15) is 5.10 Å². The summed E-state index contributed by atoms with van der Waals surface area (Å²) < 4.78 is 7.07. The van der Waals surface area contributed by atoms with Gasteiger partial charge in [0.2, 0.25) is 5.91 Å². The van der Waals surface area contributed by atoms with Crippen molar-refractivity contribution in [2.24, 2.45) is 7.05 Å². The number of carbonyl (C=O) groups is 1. The fourth-order valence-corrected chi connectivity index (χ4v) is 2.17. The lowest BCUT2D eigenvalue weighted by molar-refractivity contribution is -0.133. The molecule has 0 saturated carbocycles. The zero-order valence-electron chi connectivity index (χ0n) is 10.9. The Labute approximate surface area is 107 Å². The summed E-state index contributed by atoms with van der Waals surface area (Å²) in [7, 11) is 3.64. The number of likely N-dealkylation sites (N-methyl/N-ethyl adjacent to an activating group) is 1. The molecule has 1 aliphatic rings. The smallest absolute Gasteiger partial charge is 0.244 e. The van der Waals surface area contributed by atoms with Crippen molar-refractivity contribution in [2.75, 3.05) is 33.4 Å². The first-order valence-electron chi connectivity index (χ1n) is 6.24. The number of hydrogen-bond acceptors (Lipinski definition) is 4. The van der Waals surface area contributed by atoms with Gasteiger partial charge in [0.25, 0.3) is 0 Å².